The zero-order valence-corrected chi connectivity index (χ0v) is 19.5. The number of anilines is 1. The summed E-state index contributed by atoms with van der Waals surface area (Å²) in [6.07, 6.45) is 0.102. The van der Waals surface area contributed by atoms with Crippen molar-refractivity contribution >= 4 is 28.6 Å². The predicted octanol–water partition coefficient (Wildman–Crippen LogP) is 5.01. The molecule has 0 spiro atoms. The van der Waals surface area contributed by atoms with Crippen LogP contribution in [0.3, 0.4) is 0 Å². The molecule has 0 bridgehead atoms. The maximum absolute atomic E-state index is 5.57. The van der Waals surface area contributed by atoms with Crippen molar-refractivity contribution in [2.75, 3.05) is 24.6 Å². The van der Waals surface area contributed by atoms with Gasteiger partial charge in [-0.05, 0) is 52.3 Å². The molecule has 1 aromatic carbocycles. The monoisotopic (exact) mass is 430 g/mol. The average Bonchev–Trinajstić information content (AvgIpc) is 3.58. The SMILES string of the molecule is C=C1C(=Nc2ccc(N(CC)CC)nc2C)C(c2ccccc2C2CO2)=NN1N=C(C)C. The summed E-state index contributed by atoms with van der Waals surface area (Å²) in [5, 5.41) is 10.9. The van der Waals surface area contributed by atoms with E-state index in [1.54, 1.807) is 5.12 Å². The molecule has 1 atom stereocenters. The molecule has 1 fully saturated rings. The molecule has 7 nitrogen and oxygen atoms in total. The maximum Gasteiger partial charge on any atom is 0.128 e. The fraction of sp³-hybridized carbons (Fsp3) is 0.360. The molecule has 4 rings (SSSR count). The number of allylic oxidation sites excluding steroid dienone is 1. The van der Waals surface area contributed by atoms with Crippen LogP contribution in [0.2, 0.25) is 0 Å². The number of aromatic nitrogens is 1. The van der Waals surface area contributed by atoms with Gasteiger partial charge in [-0.25, -0.2) is 9.98 Å². The van der Waals surface area contributed by atoms with Crippen molar-refractivity contribution in [1.29, 1.82) is 0 Å². The van der Waals surface area contributed by atoms with Gasteiger partial charge in [0.1, 0.15) is 29.0 Å². The molecule has 32 heavy (non-hydrogen) atoms. The molecule has 0 amide bonds. The lowest BCUT2D eigenvalue weighted by Crippen LogP contribution is -2.23. The largest absolute Gasteiger partial charge is 0.368 e. The van der Waals surface area contributed by atoms with E-state index in [0.29, 0.717) is 11.4 Å². The van der Waals surface area contributed by atoms with Gasteiger partial charge in [0.25, 0.3) is 0 Å². The van der Waals surface area contributed by atoms with E-state index in [4.69, 9.17) is 19.8 Å². The number of hydrogen-bond acceptors (Lipinski definition) is 7. The molecule has 0 saturated carbocycles. The number of rotatable bonds is 7. The van der Waals surface area contributed by atoms with Crippen molar-refractivity contribution in [3.8, 4) is 0 Å². The van der Waals surface area contributed by atoms with Gasteiger partial charge < -0.3 is 9.64 Å². The number of ether oxygens (including phenoxy) is 1. The van der Waals surface area contributed by atoms with Gasteiger partial charge >= 0.3 is 0 Å². The molecular weight excluding hydrogens is 400 g/mol. The van der Waals surface area contributed by atoms with E-state index < -0.39 is 0 Å². The second-order valence-electron chi connectivity index (χ2n) is 8.05. The Morgan fingerprint density at radius 3 is 2.53 bits per heavy atom. The first kappa shape index (κ1) is 21.9. The molecule has 166 valence electrons. The van der Waals surface area contributed by atoms with Gasteiger partial charge in [-0.15, -0.1) is 10.2 Å². The van der Waals surface area contributed by atoms with E-state index in [0.717, 1.165) is 59.4 Å². The van der Waals surface area contributed by atoms with E-state index in [2.05, 4.69) is 42.6 Å². The number of aliphatic imine (C=N–C) groups is 1. The van der Waals surface area contributed by atoms with Gasteiger partial charge in [-0.2, -0.15) is 5.10 Å². The second kappa shape index (κ2) is 9.04. The summed E-state index contributed by atoms with van der Waals surface area (Å²) >= 11 is 0. The lowest BCUT2D eigenvalue weighted by molar-refractivity contribution is 0.414. The zero-order valence-electron chi connectivity index (χ0n) is 19.5. The number of epoxide rings is 1. The molecule has 0 radical (unpaired) electrons. The number of hydrogen-bond donors (Lipinski definition) is 0. The number of pyridine rings is 1. The van der Waals surface area contributed by atoms with Crippen LogP contribution >= 0.6 is 0 Å². The first-order chi connectivity index (χ1) is 15.4. The number of aryl methyl sites for hydroxylation is 1. The molecule has 0 aliphatic carbocycles. The minimum atomic E-state index is 0.102. The van der Waals surface area contributed by atoms with Crippen molar-refractivity contribution in [2.24, 2.45) is 15.2 Å². The van der Waals surface area contributed by atoms with Crippen molar-refractivity contribution in [1.82, 2.24) is 10.1 Å². The summed E-state index contributed by atoms with van der Waals surface area (Å²) in [5.74, 6) is 0.958. The average molecular weight is 431 g/mol. The summed E-state index contributed by atoms with van der Waals surface area (Å²) in [7, 11) is 0. The predicted molar refractivity (Wildman–Crippen MR) is 131 cm³/mol. The summed E-state index contributed by atoms with van der Waals surface area (Å²) in [6, 6.07) is 12.2. The first-order valence-corrected chi connectivity index (χ1v) is 11.0. The molecule has 3 heterocycles. The summed E-state index contributed by atoms with van der Waals surface area (Å²) in [5.41, 5.74) is 6.73. The Balaban J connectivity index is 1.79. The van der Waals surface area contributed by atoms with Crippen LogP contribution in [0.1, 0.15) is 50.6 Å². The quantitative estimate of drug-likeness (QED) is 0.457. The van der Waals surface area contributed by atoms with Gasteiger partial charge in [0.15, 0.2) is 0 Å². The van der Waals surface area contributed by atoms with Crippen LogP contribution in [0.5, 0.6) is 0 Å². The smallest absolute Gasteiger partial charge is 0.128 e. The van der Waals surface area contributed by atoms with Crippen LogP contribution in [0.15, 0.2) is 63.9 Å². The van der Waals surface area contributed by atoms with Crippen molar-refractivity contribution in [2.45, 2.75) is 40.7 Å². The van der Waals surface area contributed by atoms with Crippen LogP contribution in [0.4, 0.5) is 11.5 Å². The van der Waals surface area contributed by atoms with Crippen LogP contribution in [0, 0.1) is 6.92 Å². The van der Waals surface area contributed by atoms with Gasteiger partial charge in [0.05, 0.1) is 18.0 Å². The van der Waals surface area contributed by atoms with E-state index in [-0.39, 0.29) is 6.10 Å². The Kier molecular flexibility index (Phi) is 6.19. The highest BCUT2D eigenvalue weighted by Crippen LogP contribution is 2.35. The van der Waals surface area contributed by atoms with Crippen LogP contribution in [0.25, 0.3) is 0 Å². The van der Waals surface area contributed by atoms with E-state index >= 15 is 0 Å². The minimum absolute atomic E-state index is 0.102. The maximum atomic E-state index is 5.57. The van der Waals surface area contributed by atoms with Crippen molar-refractivity contribution in [3.63, 3.8) is 0 Å². The van der Waals surface area contributed by atoms with Gasteiger partial charge in [-0.3, -0.25) is 0 Å². The molecule has 1 saturated heterocycles. The van der Waals surface area contributed by atoms with Crippen LogP contribution in [-0.4, -0.2) is 46.9 Å². The Morgan fingerprint density at radius 2 is 1.91 bits per heavy atom. The molecule has 2 aliphatic heterocycles. The van der Waals surface area contributed by atoms with Crippen LogP contribution < -0.4 is 4.90 Å². The fourth-order valence-corrected chi connectivity index (χ4v) is 3.73. The lowest BCUT2D eigenvalue weighted by atomic mass is 9.97. The molecule has 2 aromatic rings. The van der Waals surface area contributed by atoms with E-state index in [1.807, 2.05) is 45.0 Å². The van der Waals surface area contributed by atoms with E-state index in [1.165, 1.54) is 0 Å². The number of nitrogens with zero attached hydrogens (tertiary/aromatic N) is 6. The number of benzene rings is 1. The van der Waals surface area contributed by atoms with Crippen LogP contribution in [-0.2, 0) is 4.74 Å². The third kappa shape index (κ3) is 4.34. The molecule has 2 aliphatic rings. The number of hydrazone groups is 2. The first-order valence-electron chi connectivity index (χ1n) is 11.0. The van der Waals surface area contributed by atoms with Gasteiger partial charge in [0.2, 0.25) is 0 Å². The third-order valence-corrected chi connectivity index (χ3v) is 5.49. The Labute approximate surface area is 189 Å². The Bertz CT molecular complexity index is 1120. The molecule has 0 N–H and O–H groups in total. The van der Waals surface area contributed by atoms with Crippen molar-refractivity contribution in [3.05, 3.63) is 65.5 Å². The molecule has 1 aromatic heterocycles. The summed E-state index contributed by atoms with van der Waals surface area (Å²) in [6.45, 7) is 16.9. The standard InChI is InChI=1S/C25H30N6O/c1-7-30(8-2)23-14-13-21(17(5)26-23)27-24-18(6)31(28-16(3)4)29-25(24)20-12-10-9-11-19(20)22-15-32-22/h9-14,22H,6-8,15H2,1-5H3. The highest BCUT2D eigenvalue weighted by molar-refractivity contribution is 6.55. The molecular formula is C25H30N6O. The van der Waals surface area contributed by atoms with Gasteiger partial charge in [-0.1, -0.05) is 30.8 Å². The van der Waals surface area contributed by atoms with Crippen molar-refractivity contribution < 1.29 is 4.74 Å². The normalized spacial score (nSPS) is 18.7. The molecule has 7 heteroatoms. The summed E-state index contributed by atoms with van der Waals surface area (Å²) in [4.78, 5) is 12.0. The highest BCUT2D eigenvalue weighted by Gasteiger charge is 2.34. The van der Waals surface area contributed by atoms with Gasteiger partial charge in [0, 0.05) is 24.4 Å². The Morgan fingerprint density at radius 1 is 1.19 bits per heavy atom. The zero-order chi connectivity index (χ0) is 22.8. The lowest BCUT2D eigenvalue weighted by Gasteiger charge is -2.20. The fourth-order valence-electron chi connectivity index (χ4n) is 3.73. The topological polar surface area (TPSA) is 69.0 Å². The highest BCUT2D eigenvalue weighted by atomic mass is 16.6. The van der Waals surface area contributed by atoms with E-state index in [9.17, 15) is 0 Å². The Hall–Kier alpha value is -3.32. The summed E-state index contributed by atoms with van der Waals surface area (Å²) < 4.78 is 5.57. The second-order valence-corrected chi connectivity index (χ2v) is 8.05. The third-order valence-electron chi connectivity index (χ3n) is 5.49. The molecule has 1 unspecified atom stereocenters. The minimum Gasteiger partial charge on any atom is -0.368 e.